The highest BCUT2D eigenvalue weighted by atomic mass is 32.1. The number of hydrogen-bond donors (Lipinski definition) is 0. The van der Waals surface area contributed by atoms with Crippen LogP contribution in [0.1, 0.15) is 124 Å². The van der Waals surface area contributed by atoms with Crippen LogP contribution in [0.5, 0.6) is 0 Å². The lowest BCUT2D eigenvalue weighted by molar-refractivity contribution is 0.195. The summed E-state index contributed by atoms with van der Waals surface area (Å²) in [5.74, 6) is 0. The molecule has 8 aromatic carbocycles. The lowest BCUT2D eigenvalue weighted by Crippen LogP contribution is -2.62. The maximum atomic E-state index is 6.53. The van der Waals surface area contributed by atoms with Crippen LogP contribution in [-0.4, -0.2) is 12.3 Å². The van der Waals surface area contributed by atoms with Gasteiger partial charge in [-0.15, -0.1) is 11.3 Å². The number of fused-ring (bicyclic) bond motifs is 13. The van der Waals surface area contributed by atoms with Crippen LogP contribution in [0.3, 0.4) is 0 Å². The van der Waals surface area contributed by atoms with Gasteiger partial charge in [0.05, 0.1) is 5.54 Å². The average molecular weight is 984 g/mol. The Bertz CT molecular complexity index is 3800. The van der Waals surface area contributed by atoms with Crippen molar-refractivity contribution in [1.29, 1.82) is 0 Å². The fourth-order valence-electron chi connectivity index (χ4n) is 13.9. The first-order valence-electron chi connectivity index (χ1n) is 27.2. The van der Waals surface area contributed by atoms with Crippen LogP contribution >= 0.6 is 11.3 Å². The Morgan fingerprint density at radius 3 is 1.64 bits per heavy atom. The molecule has 14 rings (SSSR count). The summed E-state index contributed by atoms with van der Waals surface area (Å²) in [4.78, 5) is 8.09. The predicted octanol–water partition coefficient (Wildman–Crippen LogP) is 17.7. The van der Waals surface area contributed by atoms with Gasteiger partial charge in [0.2, 0.25) is 0 Å². The van der Waals surface area contributed by atoms with Gasteiger partial charge in [-0.05, 0) is 154 Å². The van der Waals surface area contributed by atoms with E-state index in [2.05, 4.69) is 243 Å². The largest absolute Gasteiger partial charge is 0.456 e. The Balaban J connectivity index is 1.12. The van der Waals surface area contributed by atoms with Crippen LogP contribution < -0.4 is 31.1 Å². The third-order valence-corrected chi connectivity index (χ3v) is 19.4. The summed E-state index contributed by atoms with van der Waals surface area (Å²) >= 11 is 1.89. The van der Waals surface area contributed by atoms with Crippen LogP contribution in [-0.2, 0) is 21.7 Å². The van der Waals surface area contributed by atoms with E-state index in [4.69, 9.17) is 4.42 Å². The van der Waals surface area contributed by atoms with Gasteiger partial charge in [0.25, 0.3) is 6.71 Å². The normalized spacial score (nSPS) is 19.3. The number of benzene rings is 8. The number of anilines is 8. The lowest BCUT2D eigenvalue weighted by atomic mass is 9.33. The van der Waals surface area contributed by atoms with E-state index in [1.807, 2.05) is 11.3 Å². The first-order chi connectivity index (χ1) is 35.3. The maximum absolute atomic E-state index is 6.53. The molecule has 0 N–H and O–H groups in total. The van der Waals surface area contributed by atoms with Crippen molar-refractivity contribution in [2.45, 2.75) is 129 Å². The van der Waals surface area contributed by atoms with E-state index in [1.165, 1.54) is 118 Å². The summed E-state index contributed by atoms with van der Waals surface area (Å²) in [5, 5.41) is 4.88. The molecule has 2 unspecified atom stereocenters. The standard InChI is InChI=1S/C68H66BN3OS/c1-64(2,3)41-22-27-54-51(34-41)67(10)32-16-17-33-68(67,11)72(54)46-39-57-63-58(40-46)71(45-26-31-62-50(38-45)48-19-13-15-21-61(48)74-62)56-29-24-43(66(7,8)9)36-53(56)69(63)52-35-42(65(4,5)6)23-28-55(52)70(57)44-25-30-60-49(37-44)47-18-12-14-20-59(47)73-60/h12-15,18-31,34-40H,16-17,32-33H2,1-11H3. The Hall–Kier alpha value is -6.76. The Morgan fingerprint density at radius 1 is 0.459 bits per heavy atom. The monoisotopic (exact) mass is 984 g/mol. The molecule has 1 aliphatic carbocycles. The molecule has 368 valence electrons. The first-order valence-corrected chi connectivity index (χ1v) is 28.0. The Labute approximate surface area is 441 Å². The second-order valence-electron chi connectivity index (χ2n) is 25.7. The summed E-state index contributed by atoms with van der Waals surface area (Å²) in [6.45, 7) is 26.4. The van der Waals surface area contributed by atoms with Crippen LogP contribution in [0.4, 0.5) is 45.5 Å². The van der Waals surface area contributed by atoms with Gasteiger partial charge in [0, 0.05) is 81.9 Å². The van der Waals surface area contributed by atoms with Crippen molar-refractivity contribution in [2.24, 2.45) is 0 Å². The van der Waals surface area contributed by atoms with Gasteiger partial charge in [-0.25, -0.2) is 0 Å². The number of furan rings is 1. The highest BCUT2D eigenvalue weighted by molar-refractivity contribution is 7.25. The number of hydrogen-bond acceptors (Lipinski definition) is 5. The van der Waals surface area contributed by atoms with E-state index < -0.39 is 0 Å². The van der Waals surface area contributed by atoms with E-state index in [0.717, 1.165) is 34.0 Å². The Morgan fingerprint density at radius 2 is 0.986 bits per heavy atom. The molecule has 0 bridgehead atoms. The number of nitrogens with zero attached hydrogens (tertiary/aromatic N) is 3. The number of thiophene rings is 1. The molecule has 6 heteroatoms. The van der Waals surface area contributed by atoms with Crippen molar-refractivity contribution in [3.05, 3.63) is 174 Å². The molecule has 1 fully saturated rings. The van der Waals surface area contributed by atoms with E-state index >= 15 is 0 Å². The van der Waals surface area contributed by atoms with Crippen LogP contribution in [0.2, 0.25) is 0 Å². The third-order valence-electron chi connectivity index (χ3n) is 18.2. The van der Waals surface area contributed by atoms with Crippen molar-refractivity contribution in [1.82, 2.24) is 0 Å². The van der Waals surface area contributed by atoms with Gasteiger partial charge in [-0.2, -0.15) is 0 Å². The average Bonchev–Trinajstić information content (AvgIpc) is 4.03. The van der Waals surface area contributed by atoms with Crippen molar-refractivity contribution < 1.29 is 4.42 Å². The zero-order valence-electron chi connectivity index (χ0n) is 45.0. The molecule has 2 aromatic heterocycles. The first kappa shape index (κ1) is 45.8. The Kier molecular flexibility index (Phi) is 9.55. The molecule has 4 aliphatic rings. The fourth-order valence-corrected chi connectivity index (χ4v) is 15.0. The topological polar surface area (TPSA) is 22.9 Å². The molecule has 74 heavy (non-hydrogen) atoms. The minimum atomic E-state index is -0.161. The summed E-state index contributed by atoms with van der Waals surface area (Å²) in [6, 6.07) is 59.1. The minimum absolute atomic E-state index is 0.0314. The molecule has 2 atom stereocenters. The molecule has 10 aromatic rings. The lowest BCUT2D eigenvalue weighted by Gasteiger charge is -2.51. The second kappa shape index (κ2) is 15.4. The predicted molar refractivity (Wildman–Crippen MR) is 320 cm³/mol. The van der Waals surface area contributed by atoms with Gasteiger partial charge >= 0.3 is 0 Å². The molecule has 3 aliphatic heterocycles. The fraction of sp³-hybridized carbons (Fsp3) is 0.294. The van der Waals surface area contributed by atoms with E-state index in [-0.39, 0.29) is 33.9 Å². The molecular weight excluding hydrogens is 918 g/mol. The molecule has 0 saturated heterocycles. The zero-order chi connectivity index (χ0) is 51.0. The SMILES string of the molecule is CC(C)(C)c1ccc2c(c1)B1c3cc(C(C)(C)C)ccc3N(c3ccc4sc5ccccc5c4c3)c3cc(N4c5ccc(C(C)(C)C)cc5C5(C)CCCCC45C)cc(c31)N2c1ccc2oc3ccccc3c2c1. The molecular formula is C68H66BN3OS. The highest BCUT2D eigenvalue weighted by Gasteiger charge is 2.58. The van der Waals surface area contributed by atoms with Crippen LogP contribution in [0, 0.1) is 0 Å². The second-order valence-corrected chi connectivity index (χ2v) is 26.8. The minimum Gasteiger partial charge on any atom is -0.456 e. The van der Waals surface area contributed by atoms with Gasteiger partial charge in [0.15, 0.2) is 0 Å². The van der Waals surface area contributed by atoms with Gasteiger partial charge in [-0.1, -0.05) is 155 Å². The summed E-state index contributed by atoms with van der Waals surface area (Å²) in [7, 11) is 0. The van der Waals surface area contributed by atoms with Crippen molar-refractivity contribution in [2.75, 3.05) is 14.7 Å². The van der Waals surface area contributed by atoms with Crippen molar-refractivity contribution in [3.8, 4) is 0 Å². The number of para-hydroxylation sites is 1. The molecule has 5 heterocycles. The van der Waals surface area contributed by atoms with E-state index in [0.29, 0.717) is 0 Å². The van der Waals surface area contributed by atoms with Gasteiger partial charge < -0.3 is 19.1 Å². The summed E-state index contributed by atoms with van der Waals surface area (Å²) < 4.78 is 9.17. The van der Waals surface area contributed by atoms with Gasteiger partial charge in [0.1, 0.15) is 11.2 Å². The molecule has 1 saturated carbocycles. The maximum Gasteiger partial charge on any atom is 0.252 e. The molecule has 4 nitrogen and oxygen atoms in total. The number of rotatable bonds is 3. The van der Waals surface area contributed by atoms with Crippen LogP contribution in [0.25, 0.3) is 42.1 Å². The molecule has 0 radical (unpaired) electrons. The summed E-state index contributed by atoms with van der Waals surface area (Å²) in [5.41, 5.74) is 21.0. The third kappa shape index (κ3) is 6.46. The van der Waals surface area contributed by atoms with Gasteiger partial charge in [-0.3, -0.25) is 0 Å². The van der Waals surface area contributed by atoms with E-state index in [9.17, 15) is 0 Å². The smallest absolute Gasteiger partial charge is 0.252 e. The molecule has 0 spiro atoms. The highest BCUT2D eigenvalue weighted by Crippen LogP contribution is 2.62. The van der Waals surface area contributed by atoms with Crippen molar-refractivity contribution in [3.63, 3.8) is 0 Å². The van der Waals surface area contributed by atoms with Crippen molar-refractivity contribution >= 4 is 122 Å². The zero-order valence-corrected chi connectivity index (χ0v) is 45.8. The summed E-state index contributed by atoms with van der Waals surface area (Å²) in [6.07, 6.45) is 4.73. The van der Waals surface area contributed by atoms with E-state index in [1.54, 1.807) is 0 Å². The van der Waals surface area contributed by atoms with Crippen LogP contribution in [0.15, 0.2) is 156 Å². The molecule has 0 amide bonds. The quantitative estimate of drug-likeness (QED) is 0.165.